The molecule has 2 nitrogen and oxygen atoms in total. The van der Waals surface area contributed by atoms with Gasteiger partial charge in [0.2, 0.25) is 0 Å². The molecule has 8 aromatic rings. The lowest BCUT2D eigenvalue weighted by Crippen LogP contribution is -2.24. The molecule has 276 valence electrons. The lowest BCUT2D eigenvalue weighted by molar-refractivity contribution is 0.443. The minimum atomic E-state index is 0.00381. The van der Waals surface area contributed by atoms with E-state index >= 15 is 0 Å². The first-order chi connectivity index (χ1) is 27.7. The van der Waals surface area contributed by atoms with Gasteiger partial charge in [-0.3, -0.25) is 0 Å². The summed E-state index contributed by atoms with van der Waals surface area (Å²) in [6.07, 6.45) is 11.6. The molecule has 10 rings (SSSR count). The molecule has 0 spiro atoms. The summed E-state index contributed by atoms with van der Waals surface area (Å²) in [5, 5.41) is 2.66. The van der Waals surface area contributed by atoms with Crippen LogP contribution < -0.4 is 9.80 Å². The highest BCUT2D eigenvalue weighted by Gasteiger charge is 2.37. The second-order valence-electron chi connectivity index (χ2n) is 15.9. The van der Waals surface area contributed by atoms with Crippen LogP contribution in [0.4, 0.5) is 34.1 Å². The largest absolute Gasteiger partial charge is 0.311 e. The zero-order chi connectivity index (χ0) is 37.3. The standard InChI is InChI=1S/C53H48N2S/c1-4-14-39(15-5-1)40-22-28-45(29-23-40)54(43-16-6-2-7-17-43)46-30-24-41(25-31-46)53(36-12-13-37-53)42-26-32-47(33-27-42)55(44-18-8-3-9-19-44)48-34-35-50-49-20-10-11-21-51(49)56-52(50)38-48/h2-3,6-11,16-35,38-39H,1,4-5,12-15,36-37H2. The molecule has 7 aromatic carbocycles. The van der Waals surface area contributed by atoms with Gasteiger partial charge < -0.3 is 9.80 Å². The Morgan fingerprint density at radius 1 is 0.393 bits per heavy atom. The predicted molar refractivity (Wildman–Crippen MR) is 240 cm³/mol. The van der Waals surface area contributed by atoms with Gasteiger partial charge in [0.15, 0.2) is 0 Å². The smallest absolute Gasteiger partial charge is 0.0476 e. The summed E-state index contributed by atoms with van der Waals surface area (Å²) in [4.78, 5) is 4.82. The van der Waals surface area contributed by atoms with Crippen molar-refractivity contribution >= 4 is 65.6 Å². The molecular weight excluding hydrogens is 697 g/mol. The fourth-order valence-electron chi connectivity index (χ4n) is 9.82. The maximum atomic E-state index is 2.42. The van der Waals surface area contributed by atoms with E-state index in [4.69, 9.17) is 0 Å². The maximum Gasteiger partial charge on any atom is 0.0476 e. The van der Waals surface area contributed by atoms with Crippen LogP contribution >= 0.6 is 11.3 Å². The van der Waals surface area contributed by atoms with Gasteiger partial charge in [-0.25, -0.2) is 0 Å². The number of nitrogens with zero attached hydrogens (tertiary/aromatic N) is 2. The van der Waals surface area contributed by atoms with Crippen LogP contribution in [-0.2, 0) is 5.41 Å². The van der Waals surface area contributed by atoms with E-state index in [0.29, 0.717) is 5.92 Å². The lowest BCUT2D eigenvalue weighted by Gasteiger charge is -2.33. The fourth-order valence-corrected chi connectivity index (χ4v) is 11.0. The first-order valence-corrected chi connectivity index (χ1v) is 21.5. The van der Waals surface area contributed by atoms with Gasteiger partial charge in [0, 0.05) is 59.7 Å². The van der Waals surface area contributed by atoms with E-state index in [9.17, 15) is 0 Å². The number of hydrogen-bond donors (Lipinski definition) is 0. The van der Waals surface area contributed by atoms with Crippen LogP contribution in [0.2, 0.25) is 0 Å². The van der Waals surface area contributed by atoms with Crippen molar-refractivity contribution in [3.05, 3.63) is 193 Å². The third-order valence-corrected chi connectivity index (χ3v) is 13.8. The first kappa shape index (κ1) is 34.8. The molecule has 0 radical (unpaired) electrons. The molecule has 56 heavy (non-hydrogen) atoms. The van der Waals surface area contributed by atoms with Crippen molar-refractivity contribution < 1.29 is 0 Å². The van der Waals surface area contributed by atoms with Crippen LogP contribution in [0, 0.1) is 0 Å². The van der Waals surface area contributed by atoms with E-state index in [1.54, 1.807) is 0 Å². The second-order valence-corrected chi connectivity index (χ2v) is 17.0. The highest BCUT2D eigenvalue weighted by Crippen LogP contribution is 2.49. The van der Waals surface area contributed by atoms with Crippen molar-refractivity contribution in [3.8, 4) is 0 Å². The van der Waals surface area contributed by atoms with E-state index in [-0.39, 0.29) is 5.41 Å². The van der Waals surface area contributed by atoms with E-state index < -0.39 is 0 Å². The molecule has 0 atom stereocenters. The van der Waals surface area contributed by atoms with E-state index in [2.05, 4.69) is 186 Å². The molecule has 1 heterocycles. The zero-order valence-corrected chi connectivity index (χ0v) is 32.8. The first-order valence-electron chi connectivity index (χ1n) is 20.7. The Balaban J connectivity index is 0.975. The molecule has 0 bridgehead atoms. The summed E-state index contributed by atoms with van der Waals surface area (Å²) in [5.41, 5.74) is 11.5. The van der Waals surface area contributed by atoms with Crippen LogP contribution in [0.15, 0.2) is 176 Å². The highest BCUT2D eigenvalue weighted by atomic mass is 32.1. The fraction of sp³-hybridized carbons (Fsp3) is 0.208. The van der Waals surface area contributed by atoms with Gasteiger partial charge >= 0.3 is 0 Å². The van der Waals surface area contributed by atoms with E-state index in [1.165, 1.54) is 129 Å². The molecule has 0 unspecified atom stereocenters. The molecule has 2 saturated carbocycles. The van der Waals surface area contributed by atoms with Crippen LogP contribution in [0.1, 0.15) is 80.4 Å². The Morgan fingerprint density at radius 2 is 0.857 bits per heavy atom. The Kier molecular flexibility index (Phi) is 9.41. The molecule has 0 aliphatic heterocycles. The third kappa shape index (κ3) is 6.48. The Bertz CT molecular complexity index is 2540. The number of anilines is 6. The number of fused-ring (bicyclic) bond motifs is 3. The van der Waals surface area contributed by atoms with Gasteiger partial charge in [-0.15, -0.1) is 11.3 Å². The topological polar surface area (TPSA) is 6.48 Å². The van der Waals surface area contributed by atoms with Crippen molar-refractivity contribution in [2.24, 2.45) is 0 Å². The van der Waals surface area contributed by atoms with Crippen molar-refractivity contribution in [1.29, 1.82) is 0 Å². The van der Waals surface area contributed by atoms with E-state index in [1.807, 2.05) is 11.3 Å². The van der Waals surface area contributed by atoms with Crippen molar-refractivity contribution in [1.82, 2.24) is 0 Å². The molecule has 0 saturated heterocycles. The number of rotatable bonds is 9. The van der Waals surface area contributed by atoms with Gasteiger partial charge in [0.25, 0.3) is 0 Å². The molecule has 0 amide bonds. The van der Waals surface area contributed by atoms with Crippen molar-refractivity contribution in [2.45, 2.75) is 69.1 Å². The van der Waals surface area contributed by atoms with Crippen LogP contribution in [0.25, 0.3) is 20.2 Å². The quantitative estimate of drug-likeness (QED) is 0.145. The summed E-state index contributed by atoms with van der Waals surface area (Å²) in [5.74, 6) is 0.705. The SMILES string of the molecule is c1ccc(N(c2ccc(C3CCCCC3)cc2)c2ccc(C3(c4ccc(N(c5ccccc5)c5ccc6c(c5)sc5ccccc56)cc4)CCCC3)cc2)cc1. The number of benzene rings is 7. The summed E-state index contributed by atoms with van der Waals surface area (Å²) in [6, 6.07) is 65.8. The zero-order valence-electron chi connectivity index (χ0n) is 32.0. The minimum Gasteiger partial charge on any atom is -0.311 e. The molecule has 3 heteroatoms. The third-order valence-electron chi connectivity index (χ3n) is 12.7. The number of thiophene rings is 1. The van der Waals surface area contributed by atoms with Crippen LogP contribution in [0.5, 0.6) is 0 Å². The monoisotopic (exact) mass is 744 g/mol. The number of hydrogen-bond acceptors (Lipinski definition) is 3. The highest BCUT2D eigenvalue weighted by molar-refractivity contribution is 7.25. The number of para-hydroxylation sites is 2. The van der Waals surface area contributed by atoms with Crippen LogP contribution in [-0.4, -0.2) is 0 Å². The normalized spacial score (nSPS) is 15.6. The van der Waals surface area contributed by atoms with Crippen molar-refractivity contribution in [2.75, 3.05) is 9.80 Å². The maximum absolute atomic E-state index is 2.42. The second kappa shape index (κ2) is 15.1. The van der Waals surface area contributed by atoms with Gasteiger partial charge in [0.1, 0.15) is 0 Å². The molecule has 0 N–H and O–H groups in total. The molecule has 2 fully saturated rings. The Morgan fingerprint density at radius 3 is 1.45 bits per heavy atom. The lowest BCUT2D eigenvalue weighted by atomic mass is 9.73. The molecular formula is C53H48N2S. The Hall–Kier alpha value is -5.64. The summed E-state index contributed by atoms with van der Waals surface area (Å²) >= 11 is 1.88. The van der Waals surface area contributed by atoms with E-state index in [0.717, 1.165) is 0 Å². The molecule has 1 aromatic heterocycles. The van der Waals surface area contributed by atoms with Crippen molar-refractivity contribution in [3.63, 3.8) is 0 Å². The van der Waals surface area contributed by atoms with Gasteiger partial charge in [-0.05, 0) is 127 Å². The average molecular weight is 745 g/mol. The predicted octanol–water partition coefficient (Wildman–Crippen LogP) is 15.9. The molecule has 2 aliphatic rings. The van der Waals surface area contributed by atoms with Crippen LogP contribution in [0.3, 0.4) is 0 Å². The minimum absolute atomic E-state index is 0.00381. The average Bonchev–Trinajstić information content (AvgIpc) is 3.92. The molecule has 2 aliphatic carbocycles. The summed E-state index contributed by atoms with van der Waals surface area (Å²) in [6.45, 7) is 0. The van der Waals surface area contributed by atoms with Gasteiger partial charge in [-0.2, -0.15) is 0 Å². The Labute approximate surface area is 335 Å². The van der Waals surface area contributed by atoms with Gasteiger partial charge in [0.05, 0.1) is 0 Å². The summed E-state index contributed by atoms with van der Waals surface area (Å²) < 4.78 is 2.65. The van der Waals surface area contributed by atoms with Gasteiger partial charge in [-0.1, -0.05) is 129 Å². The summed E-state index contributed by atoms with van der Waals surface area (Å²) in [7, 11) is 0.